The van der Waals surface area contributed by atoms with E-state index < -0.39 is 5.54 Å². The highest BCUT2D eigenvalue weighted by Gasteiger charge is 2.31. The molecule has 0 aromatic carbocycles. The Kier molecular flexibility index (Phi) is 17.8. The maximum atomic E-state index is 12.3. The van der Waals surface area contributed by atoms with E-state index in [1.54, 1.807) is 0 Å². The molecule has 0 saturated carbocycles. The molecule has 174 valence electrons. The third kappa shape index (κ3) is 15.9. The summed E-state index contributed by atoms with van der Waals surface area (Å²) < 4.78 is 10.4. The highest BCUT2D eigenvalue weighted by atomic mass is 16.5. The Balaban J connectivity index is 4.60. The van der Waals surface area contributed by atoms with Crippen LogP contribution in [0.15, 0.2) is 0 Å². The second-order valence-electron chi connectivity index (χ2n) is 7.02. The van der Waals surface area contributed by atoms with Crippen LogP contribution in [0.3, 0.4) is 0 Å². The maximum absolute atomic E-state index is 12.3. The number of carbonyl (C=O) groups excluding carboxylic acids is 5. The molecule has 0 aliphatic carbocycles. The average Bonchev–Trinajstić information content (AvgIpc) is 2.76. The summed E-state index contributed by atoms with van der Waals surface area (Å²) in [5, 5.41) is 5.65. The number of hydrogen-bond donors (Lipinski definition) is 2. The monoisotopic (exact) mass is 438 g/mol. The summed E-state index contributed by atoms with van der Waals surface area (Å²) in [5.74, 6) is 1.86. The zero-order chi connectivity index (χ0) is 23.2. The Bertz CT molecular complexity index is 575. The van der Waals surface area contributed by atoms with Crippen LogP contribution in [0.4, 0.5) is 0 Å². The minimum atomic E-state index is -0.831. The second-order valence-corrected chi connectivity index (χ2v) is 7.02. The fraction of sp³-hybridized carbons (Fsp3) is 0.682. The van der Waals surface area contributed by atoms with Gasteiger partial charge in [-0.3, -0.25) is 9.59 Å². The molecule has 0 aliphatic heterocycles. The molecule has 0 rings (SSSR count). The molecule has 0 unspecified atom stereocenters. The lowest BCUT2D eigenvalue weighted by Crippen LogP contribution is -2.49. The Hall–Kier alpha value is -2.57. The van der Waals surface area contributed by atoms with Crippen LogP contribution in [0, 0.1) is 12.3 Å². The van der Waals surface area contributed by atoms with E-state index >= 15 is 0 Å². The van der Waals surface area contributed by atoms with E-state index in [0.29, 0.717) is 52.0 Å². The normalized spacial score (nSPS) is 10.7. The number of terminal acetylenes is 1. The first kappa shape index (κ1) is 28.4. The molecular formula is C22H34N2O7. The van der Waals surface area contributed by atoms with Gasteiger partial charge in [0.05, 0.1) is 19.8 Å². The van der Waals surface area contributed by atoms with Crippen molar-refractivity contribution in [3.05, 3.63) is 0 Å². The van der Waals surface area contributed by atoms with Gasteiger partial charge < -0.3 is 34.5 Å². The zero-order valence-electron chi connectivity index (χ0n) is 18.1. The van der Waals surface area contributed by atoms with Gasteiger partial charge in [-0.1, -0.05) is 5.92 Å². The van der Waals surface area contributed by atoms with E-state index in [1.165, 1.54) is 0 Å². The molecule has 0 fully saturated rings. The molecule has 9 heteroatoms. The highest BCUT2D eigenvalue weighted by molar-refractivity contribution is 5.78. The fourth-order valence-corrected chi connectivity index (χ4v) is 2.99. The third-order valence-electron chi connectivity index (χ3n) is 4.57. The molecule has 0 saturated heterocycles. The van der Waals surface area contributed by atoms with Gasteiger partial charge in [-0.05, 0) is 25.7 Å². The summed E-state index contributed by atoms with van der Waals surface area (Å²) in [6, 6.07) is 0. The average molecular weight is 439 g/mol. The molecule has 0 heterocycles. The number of aldehydes is 3. The molecule has 0 spiro atoms. The van der Waals surface area contributed by atoms with E-state index in [9.17, 15) is 24.0 Å². The van der Waals surface area contributed by atoms with Crippen molar-refractivity contribution in [1.82, 2.24) is 10.6 Å². The lowest BCUT2D eigenvalue weighted by atomic mass is 9.83. The molecule has 2 N–H and O–H groups in total. The first-order chi connectivity index (χ1) is 15.0. The first-order valence-corrected chi connectivity index (χ1v) is 10.5. The van der Waals surface area contributed by atoms with Crippen LogP contribution in [0.2, 0.25) is 0 Å². The van der Waals surface area contributed by atoms with Gasteiger partial charge >= 0.3 is 0 Å². The Morgan fingerprint density at radius 2 is 1.48 bits per heavy atom. The third-order valence-corrected chi connectivity index (χ3v) is 4.57. The van der Waals surface area contributed by atoms with Crippen molar-refractivity contribution < 1.29 is 33.4 Å². The van der Waals surface area contributed by atoms with Crippen molar-refractivity contribution in [1.29, 1.82) is 0 Å². The van der Waals surface area contributed by atoms with Crippen molar-refractivity contribution >= 4 is 30.7 Å². The van der Waals surface area contributed by atoms with Crippen LogP contribution in [-0.4, -0.2) is 69.2 Å². The SMILES string of the molecule is C#CCOCCOCCNC(=O)CCC(CCC=O)(CCC=O)NC(=O)CCCC=O. The van der Waals surface area contributed by atoms with E-state index in [1.807, 2.05) is 0 Å². The van der Waals surface area contributed by atoms with E-state index in [4.69, 9.17) is 15.9 Å². The van der Waals surface area contributed by atoms with Crippen LogP contribution in [0.5, 0.6) is 0 Å². The predicted octanol–water partition coefficient (Wildman–Crippen LogP) is 0.732. The van der Waals surface area contributed by atoms with Gasteiger partial charge in [-0.15, -0.1) is 6.42 Å². The Morgan fingerprint density at radius 3 is 2.10 bits per heavy atom. The van der Waals surface area contributed by atoms with Crippen LogP contribution in [-0.2, 0) is 33.4 Å². The van der Waals surface area contributed by atoms with Gasteiger partial charge in [0.25, 0.3) is 0 Å². The van der Waals surface area contributed by atoms with Crippen molar-refractivity contribution in [3.8, 4) is 12.3 Å². The van der Waals surface area contributed by atoms with Crippen LogP contribution < -0.4 is 10.6 Å². The van der Waals surface area contributed by atoms with Gasteiger partial charge in [-0.2, -0.15) is 0 Å². The summed E-state index contributed by atoms with van der Waals surface area (Å²) in [6.45, 7) is 1.61. The Labute approximate surface area is 184 Å². The van der Waals surface area contributed by atoms with Crippen molar-refractivity contribution in [2.45, 2.75) is 63.3 Å². The lowest BCUT2D eigenvalue weighted by Gasteiger charge is -2.34. The fourth-order valence-electron chi connectivity index (χ4n) is 2.99. The Morgan fingerprint density at radius 1 is 0.839 bits per heavy atom. The van der Waals surface area contributed by atoms with E-state index in [2.05, 4.69) is 16.6 Å². The molecule has 9 nitrogen and oxygen atoms in total. The standard InChI is InChI=1S/C22H34N2O7/c1-2-16-30-18-19-31-17-12-23-20(28)8-11-22(9-5-14-26,10-6-15-27)24-21(29)7-3-4-13-25/h1,13-15H,3-12,16-19H2,(H,23,28)(H,24,29). The zero-order valence-corrected chi connectivity index (χ0v) is 18.1. The molecule has 0 bridgehead atoms. The molecule has 2 amide bonds. The smallest absolute Gasteiger partial charge is 0.220 e. The van der Waals surface area contributed by atoms with Gasteiger partial charge in [0.2, 0.25) is 11.8 Å². The number of carbonyl (C=O) groups is 5. The first-order valence-electron chi connectivity index (χ1n) is 10.5. The number of nitrogens with one attached hydrogen (secondary N) is 2. The second kappa shape index (κ2) is 19.4. The number of amides is 2. The van der Waals surface area contributed by atoms with E-state index in [-0.39, 0.29) is 50.5 Å². The van der Waals surface area contributed by atoms with Crippen molar-refractivity contribution in [2.75, 3.05) is 33.0 Å². The number of ether oxygens (including phenoxy) is 2. The number of hydrogen-bond acceptors (Lipinski definition) is 7. The maximum Gasteiger partial charge on any atom is 0.220 e. The molecule has 0 aromatic rings. The summed E-state index contributed by atoms with van der Waals surface area (Å²) >= 11 is 0. The molecule has 0 radical (unpaired) electrons. The van der Waals surface area contributed by atoms with Crippen molar-refractivity contribution in [2.24, 2.45) is 0 Å². The van der Waals surface area contributed by atoms with Gasteiger partial charge in [0.15, 0.2) is 0 Å². The molecular weight excluding hydrogens is 404 g/mol. The molecule has 0 aromatic heterocycles. The van der Waals surface area contributed by atoms with Gasteiger partial charge in [-0.25, -0.2) is 0 Å². The minimum Gasteiger partial charge on any atom is -0.377 e. The van der Waals surface area contributed by atoms with Crippen LogP contribution >= 0.6 is 0 Å². The number of rotatable bonds is 21. The molecule has 0 atom stereocenters. The quantitative estimate of drug-likeness (QED) is 0.154. The van der Waals surface area contributed by atoms with Crippen LogP contribution in [0.25, 0.3) is 0 Å². The van der Waals surface area contributed by atoms with Gasteiger partial charge in [0, 0.05) is 44.2 Å². The predicted molar refractivity (Wildman–Crippen MR) is 114 cm³/mol. The molecule has 0 aliphatic rings. The lowest BCUT2D eigenvalue weighted by molar-refractivity contribution is -0.126. The minimum absolute atomic E-state index is 0.123. The largest absolute Gasteiger partial charge is 0.377 e. The summed E-state index contributed by atoms with van der Waals surface area (Å²) in [4.78, 5) is 56.8. The van der Waals surface area contributed by atoms with Crippen LogP contribution in [0.1, 0.15) is 57.8 Å². The van der Waals surface area contributed by atoms with Crippen molar-refractivity contribution in [3.63, 3.8) is 0 Å². The summed E-state index contributed by atoms with van der Waals surface area (Å²) in [7, 11) is 0. The highest BCUT2D eigenvalue weighted by Crippen LogP contribution is 2.25. The molecule has 31 heavy (non-hydrogen) atoms. The topological polar surface area (TPSA) is 128 Å². The van der Waals surface area contributed by atoms with E-state index in [0.717, 1.165) is 18.9 Å². The summed E-state index contributed by atoms with van der Waals surface area (Å²) in [6.07, 6.45) is 9.64. The summed E-state index contributed by atoms with van der Waals surface area (Å²) in [5.41, 5.74) is -0.831. The van der Waals surface area contributed by atoms with Gasteiger partial charge in [0.1, 0.15) is 25.5 Å². The number of unbranched alkanes of at least 4 members (excludes halogenated alkanes) is 1.